The van der Waals surface area contributed by atoms with Gasteiger partial charge in [-0.05, 0) is 37.5 Å². The summed E-state index contributed by atoms with van der Waals surface area (Å²) in [6, 6.07) is 7.42. The second-order valence-electron chi connectivity index (χ2n) is 8.61. The van der Waals surface area contributed by atoms with Crippen LogP contribution in [-0.4, -0.2) is 60.7 Å². The number of piperidine rings is 1. The van der Waals surface area contributed by atoms with Gasteiger partial charge in [0.15, 0.2) is 5.82 Å². The summed E-state index contributed by atoms with van der Waals surface area (Å²) >= 11 is 1.50. The maximum atomic E-state index is 13.4. The largest absolute Gasteiger partial charge is 0.465 e. The third-order valence-corrected chi connectivity index (χ3v) is 7.05. The Hall–Kier alpha value is -4.06. The molecule has 0 radical (unpaired) electrons. The van der Waals surface area contributed by atoms with Crippen LogP contribution >= 0.6 is 11.3 Å². The van der Waals surface area contributed by atoms with Gasteiger partial charge in [-0.15, -0.1) is 11.3 Å². The molecule has 1 saturated heterocycles. The van der Waals surface area contributed by atoms with Gasteiger partial charge in [0.05, 0.1) is 11.8 Å². The van der Waals surface area contributed by atoms with Gasteiger partial charge in [-0.2, -0.15) is 5.10 Å². The number of nitrogens with zero attached hydrogens (tertiary/aromatic N) is 5. The van der Waals surface area contributed by atoms with Crippen LogP contribution in [-0.2, 0) is 0 Å². The molecule has 0 spiro atoms. The van der Waals surface area contributed by atoms with E-state index in [1.807, 2.05) is 18.5 Å². The standard InChI is InChI=1S/C24H24FN7O3S/c1-14(15-2-4-16(25)5-3-15)27-20-12-19(22(33)31-8-6-17(7-9-31)28-24(34)35)29-21(30-20)18-13-26-32-10-11-36-23(18)32/h2-5,10-14,17,28H,6-9H2,1H3,(H,34,35)(H,27,29,30)/t14-/m1/s1. The number of thiazole rings is 1. The van der Waals surface area contributed by atoms with Crippen LogP contribution in [0.4, 0.5) is 15.0 Å². The average molecular weight is 510 g/mol. The van der Waals surface area contributed by atoms with Crippen molar-refractivity contribution in [1.29, 1.82) is 0 Å². The number of carbonyl (C=O) groups is 2. The van der Waals surface area contributed by atoms with Crippen LogP contribution in [0.3, 0.4) is 0 Å². The third kappa shape index (κ3) is 4.98. The Morgan fingerprint density at radius 2 is 1.94 bits per heavy atom. The first-order chi connectivity index (χ1) is 17.4. The first-order valence-electron chi connectivity index (χ1n) is 11.5. The highest BCUT2D eigenvalue weighted by Gasteiger charge is 2.27. The predicted molar refractivity (Wildman–Crippen MR) is 133 cm³/mol. The molecule has 4 aromatic rings. The van der Waals surface area contributed by atoms with Crippen LogP contribution in [0.25, 0.3) is 16.2 Å². The molecule has 1 atom stereocenters. The van der Waals surface area contributed by atoms with Gasteiger partial charge in [-0.25, -0.2) is 23.7 Å². The maximum absolute atomic E-state index is 13.4. The van der Waals surface area contributed by atoms with Crippen molar-refractivity contribution in [2.75, 3.05) is 18.4 Å². The topological polar surface area (TPSA) is 125 Å². The molecule has 2 amide bonds. The second-order valence-corrected chi connectivity index (χ2v) is 9.50. The number of rotatable bonds is 6. The number of hydrogen-bond acceptors (Lipinski definition) is 7. The van der Waals surface area contributed by atoms with Crippen molar-refractivity contribution in [2.45, 2.75) is 31.8 Å². The Bertz CT molecular complexity index is 1400. The van der Waals surface area contributed by atoms with E-state index in [-0.39, 0.29) is 29.5 Å². The van der Waals surface area contributed by atoms with E-state index < -0.39 is 6.09 Å². The number of amides is 2. The van der Waals surface area contributed by atoms with Crippen LogP contribution in [0.5, 0.6) is 0 Å². The molecule has 1 aliphatic rings. The molecular formula is C24H24FN7O3S. The van der Waals surface area contributed by atoms with E-state index >= 15 is 0 Å². The highest BCUT2D eigenvalue weighted by Crippen LogP contribution is 2.28. The number of nitrogens with one attached hydrogen (secondary N) is 2. The third-order valence-electron chi connectivity index (χ3n) is 6.16. The average Bonchev–Trinajstić information content (AvgIpc) is 3.48. The number of anilines is 1. The summed E-state index contributed by atoms with van der Waals surface area (Å²) in [5, 5.41) is 21.0. The Balaban J connectivity index is 1.44. The number of likely N-dealkylation sites (tertiary alicyclic amines) is 1. The van der Waals surface area contributed by atoms with E-state index in [0.717, 1.165) is 10.4 Å². The van der Waals surface area contributed by atoms with E-state index in [1.165, 1.54) is 23.5 Å². The van der Waals surface area contributed by atoms with Gasteiger partial charge in [0.1, 0.15) is 22.2 Å². The minimum Gasteiger partial charge on any atom is -0.465 e. The Morgan fingerprint density at radius 3 is 2.67 bits per heavy atom. The second kappa shape index (κ2) is 9.90. The van der Waals surface area contributed by atoms with E-state index in [1.54, 1.807) is 33.8 Å². The first-order valence-corrected chi connectivity index (χ1v) is 12.4. The lowest BCUT2D eigenvalue weighted by Crippen LogP contribution is -2.46. The van der Waals surface area contributed by atoms with Crippen molar-refractivity contribution in [3.8, 4) is 11.4 Å². The Kier molecular flexibility index (Phi) is 6.51. The Morgan fingerprint density at radius 1 is 1.19 bits per heavy atom. The zero-order valence-electron chi connectivity index (χ0n) is 19.4. The molecule has 10 nitrogen and oxygen atoms in total. The number of carbonyl (C=O) groups excluding carboxylic acids is 1. The highest BCUT2D eigenvalue weighted by molar-refractivity contribution is 7.16. The fourth-order valence-corrected chi connectivity index (χ4v) is 5.04. The molecule has 186 valence electrons. The summed E-state index contributed by atoms with van der Waals surface area (Å²) < 4.78 is 15.1. The number of fused-ring (bicyclic) bond motifs is 1. The summed E-state index contributed by atoms with van der Waals surface area (Å²) in [4.78, 5) is 36.2. The molecule has 1 aromatic carbocycles. The molecule has 36 heavy (non-hydrogen) atoms. The van der Waals surface area contributed by atoms with Gasteiger partial charge >= 0.3 is 6.09 Å². The number of hydrogen-bond donors (Lipinski definition) is 3. The maximum Gasteiger partial charge on any atom is 0.404 e. The molecule has 0 bridgehead atoms. The van der Waals surface area contributed by atoms with E-state index in [2.05, 4.69) is 25.7 Å². The molecule has 12 heteroatoms. The summed E-state index contributed by atoms with van der Waals surface area (Å²) in [5.74, 6) is 0.263. The van der Waals surface area contributed by atoms with Crippen LogP contribution in [0.15, 0.2) is 48.1 Å². The Labute approximate surface area is 209 Å². The SMILES string of the molecule is C[C@@H](Nc1cc(C(=O)N2CCC(NC(=O)O)CC2)nc(-c2cnn3ccsc23)n1)c1ccc(F)cc1. The van der Waals surface area contributed by atoms with E-state index in [4.69, 9.17) is 5.11 Å². The monoisotopic (exact) mass is 509 g/mol. The van der Waals surface area contributed by atoms with Crippen molar-refractivity contribution in [2.24, 2.45) is 0 Å². The number of benzene rings is 1. The van der Waals surface area contributed by atoms with Crippen molar-refractivity contribution in [3.63, 3.8) is 0 Å². The van der Waals surface area contributed by atoms with Crippen molar-refractivity contribution in [3.05, 3.63) is 65.2 Å². The fraction of sp³-hybridized carbons (Fsp3) is 0.292. The lowest BCUT2D eigenvalue weighted by molar-refractivity contribution is 0.0700. The van der Waals surface area contributed by atoms with Crippen molar-refractivity contribution < 1.29 is 19.1 Å². The number of halogens is 1. The minimum absolute atomic E-state index is 0.180. The molecule has 1 fully saturated rings. The van der Waals surface area contributed by atoms with Gasteiger partial charge in [0.2, 0.25) is 0 Å². The molecule has 3 aromatic heterocycles. The summed E-state index contributed by atoms with van der Waals surface area (Å²) in [6.07, 6.45) is 3.51. The highest BCUT2D eigenvalue weighted by atomic mass is 32.1. The van der Waals surface area contributed by atoms with Crippen molar-refractivity contribution >= 4 is 34.0 Å². The smallest absolute Gasteiger partial charge is 0.404 e. The molecule has 1 aliphatic heterocycles. The lowest BCUT2D eigenvalue weighted by Gasteiger charge is -2.31. The minimum atomic E-state index is -1.06. The lowest BCUT2D eigenvalue weighted by atomic mass is 10.0. The summed E-state index contributed by atoms with van der Waals surface area (Å²) in [7, 11) is 0. The number of carboxylic acid groups (broad SMARTS) is 1. The summed E-state index contributed by atoms with van der Waals surface area (Å²) in [6.45, 7) is 2.76. The van der Waals surface area contributed by atoms with Gasteiger partial charge in [0.25, 0.3) is 5.91 Å². The quantitative estimate of drug-likeness (QED) is 0.358. The van der Waals surface area contributed by atoms with Crippen molar-refractivity contribution in [1.82, 2.24) is 29.8 Å². The van der Waals surface area contributed by atoms with E-state index in [9.17, 15) is 14.0 Å². The first kappa shape index (κ1) is 23.7. The van der Waals surface area contributed by atoms with Gasteiger partial charge < -0.3 is 20.6 Å². The van der Waals surface area contributed by atoms with E-state index in [0.29, 0.717) is 43.1 Å². The zero-order chi connectivity index (χ0) is 25.2. The molecule has 5 rings (SSSR count). The normalized spacial score (nSPS) is 15.1. The predicted octanol–water partition coefficient (Wildman–Crippen LogP) is 4.04. The van der Waals surface area contributed by atoms with Gasteiger partial charge in [-0.1, -0.05) is 12.1 Å². The zero-order valence-corrected chi connectivity index (χ0v) is 20.2. The van der Waals surface area contributed by atoms with Gasteiger partial charge in [-0.3, -0.25) is 4.79 Å². The van der Waals surface area contributed by atoms with Gasteiger partial charge in [0, 0.05) is 42.8 Å². The van der Waals surface area contributed by atoms with Crippen LogP contribution in [0, 0.1) is 5.82 Å². The molecular weight excluding hydrogens is 485 g/mol. The molecule has 0 saturated carbocycles. The molecule has 0 aliphatic carbocycles. The van der Waals surface area contributed by atoms with Crippen LogP contribution in [0.1, 0.15) is 41.9 Å². The summed E-state index contributed by atoms with van der Waals surface area (Å²) in [5.41, 5.74) is 1.81. The molecule has 3 N–H and O–H groups in total. The molecule has 0 unspecified atom stereocenters. The fourth-order valence-electron chi connectivity index (χ4n) is 4.25. The van der Waals surface area contributed by atoms with Crippen LogP contribution in [0.2, 0.25) is 0 Å². The van der Waals surface area contributed by atoms with Crippen LogP contribution < -0.4 is 10.6 Å². The molecule has 4 heterocycles. The number of aromatic nitrogens is 4.